The summed E-state index contributed by atoms with van der Waals surface area (Å²) in [6, 6.07) is 5.23. The van der Waals surface area contributed by atoms with Crippen LogP contribution in [0.25, 0.3) is 10.9 Å². The molecule has 0 radical (unpaired) electrons. The zero-order valence-electron chi connectivity index (χ0n) is 8.87. The van der Waals surface area contributed by atoms with E-state index in [-0.39, 0.29) is 17.3 Å². The van der Waals surface area contributed by atoms with Gasteiger partial charge in [-0.25, -0.2) is 4.79 Å². The molecule has 88 valence electrons. The Morgan fingerprint density at radius 2 is 2.06 bits per heavy atom. The summed E-state index contributed by atoms with van der Waals surface area (Å²) in [5.41, 5.74) is 0.0135. The second kappa shape index (κ2) is 3.82. The average Bonchev–Trinajstić information content (AvgIpc) is 2.23. The predicted octanol–water partition coefficient (Wildman–Crippen LogP) is 0.597. The van der Waals surface area contributed by atoms with Crippen molar-refractivity contribution in [1.82, 2.24) is 14.9 Å². The molecule has 2 N–H and O–H groups in total. The fourth-order valence-electron chi connectivity index (χ4n) is 1.99. The molecule has 0 spiro atoms. The number of nitrogens with zero attached hydrogens (tertiary/aromatic N) is 1. The number of benzene rings is 1. The highest BCUT2D eigenvalue weighted by Gasteiger charge is 2.23. The zero-order valence-corrected chi connectivity index (χ0v) is 10.5. The molecule has 5 nitrogen and oxygen atoms in total. The molecule has 0 bridgehead atoms. The lowest BCUT2D eigenvalue weighted by Gasteiger charge is -2.28. The molecule has 2 heterocycles. The Balaban J connectivity index is 2.36. The van der Waals surface area contributed by atoms with Crippen molar-refractivity contribution >= 4 is 26.8 Å². The molecule has 17 heavy (non-hydrogen) atoms. The number of aromatic nitrogens is 2. The van der Waals surface area contributed by atoms with Crippen LogP contribution in [0.15, 0.2) is 32.3 Å². The van der Waals surface area contributed by atoms with Gasteiger partial charge in [0.25, 0.3) is 5.56 Å². The molecule has 1 aliphatic rings. The van der Waals surface area contributed by atoms with Crippen LogP contribution < -0.4 is 16.6 Å². The van der Waals surface area contributed by atoms with E-state index < -0.39 is 0 Å². The van der Waals surface area contributed by atoms with Gasteiger partial charge in [0.1, 0.15) is 0 Å². The van der Waals surface area contributed by atoms with Crippen LogP contribution in [-0.4, -0.2) is 22.6 Å². The van der Waals surface area contributed by atoms with Gasteiger partial charge in [-0.15, -0.1) is 0 Å². The third-order valence-corrected chi connectivity index (χ3v) is 3.51. The number of H-pyrrole nitrogens is 1. The summed E-state index contributed by atoms with van der Waals surface area (Å²) in [7, 11) is 0. The Hall–Kier alpha value is -1.40. The smallest absolute Gasteiger partial charge is 0.312 e. The Bertz CT molecular complexity index is 700. The molecule has 1 saturated heterocycles. The van der Waals surface area contributed by atoms with Crippen molar-refractivity contribution in [3.8, 4) is 0 Å². The van der Waals surface area contributed by atoms with Crippen LogP contribution in [0.5, 0.6) is 0 Å². The van der Waals surface area contributed by atoms with Crippen molar-refractivity contribution in [3.63, 3.8) is 0 Å². The Kier molecular flexibility index (Phi) is 2.41. The maximum atomic E-state index is 12.2. The van der Waals surface area contributed by atoms with E-state index in [9.17, 15) is 9.59 Å². The van der Waals surface area contributed by atoms with Crippen molar-refractivity contribution in [1.29, 1.82) is 0 Å². The lowest BCUT2D eigenvalue weighted by Crippen LogP contribution is -2.51. The van der Waals surface area contributed by atoms with E-state index in [0.717, 1.165) is 4.47 Å². The molecule has 1 aromatic carbocycles. The molecule has 1 aliphatic heterocycles. The van der Waals surface area contributed by atoms with E-state index in [2.05, 4.69) is 26.2 Å². The lowest BCUT2D eigenvalue weighted by molar-refractivity contribution is 0.327. The highest BCUT2D eigenvalue weighted by molar-refractivity contribution is 9.10. The topological polar surface area (TPSA) is 66.9 Å². The Morgan fingerprint density at radius 1 is 1.29 bits per heavy atom. The number of aromatic amines is 1. The SMILES string of the molecule is O=c1[nH]c2ccc(Br)cc2c(=O)n1C1CNC1. The predicted molar refractivity (Wildman–Crippen MR) is 68.4 cm³/mol. The second-order valence-electron chi connectivity index (χ2n) is 4.11. The van der Waals surface area contributed by atoms with Crippen molar-refractivity contribution in [2.24, 2.45) is 0 Å². The van der Waals surface area contributed by atoms with Gasteiger partial charge >= 0.3 is 5.69 Å². The van der Waals surface area contributed by atoms with Crippen LogP contribution in [-0.2, 0) is 0 Å². The van der Waals surface area contributed by atoms with E-state index in [1.165, 1.54) is 4.57 Å². The van der Waals surface area contributed by atoms with Crippen LogP contribution in [0.2, 0.25) is 0 Å². The molecular weight excluding hydrogens is 286 g/mol. The minimum absolute atomic E-state index is 0.0327. The van der Waals surface area contributed by atoms with Gasteiger partial charge < -0.3 is 10.3 Å². The van der Waals surface area contributed by atoms with Crippen molar-refractivity contribution in [2.75, 3.05) is 13.1 Å². The Morgan fingerprint density at radius 3 is 2.71 bits per heavy atom. The highest BCUT2D eigenvalue weighted by Crippen LogP contribution is 2.15. The van der Waals surface area contributed by atoms with E-state index in [0.29, 0.717) is 24.0 Å². The lowest BCUT2D eigenvalue weighted by atomic mass is 10.1. The van der Waals surface area contributed by atoms with Gasteiger partial charge in [-0.1, -0.05) is 15.9 Å². The molecule has 6 heteroatoms. The minimum atomic E-state index is -0.337. The number of halogens is 1. The summed E-state index contributed by atoms with van der Waals surface area (Å²) in [6.07, 6.45) is 0. The first-order valence-corrected chi connectivity index (χ1v) is 6.11. The van der Waals surface area contributed by atoms with Crippen molar-refractivity contribution in [3.05, 3.63) is 43.5 Å². The van der Waals surface area contributed by atoms with Crippen molar-refractivity contribution in [2.45, 2.75) is 6.04 Å². The van der Waals surface area contributed by atoms with E-state index >= 15 is 0 Å². The molecular formula is C11H10BrN3O2. The number of hydrogen-bond acceptors (Lipinski definition) is 3. The first kappa shape index (κ1) is 10.7. The van der Waals surface area contributed by atoms with Gasteiger partial charge in [-0.3, -0.25) is 9.36 Å². The van der Waals surface area contributed by atoms with Crippen LogP contribution in [0.1, 0.15) is 6.04 Å². The number of rotatable bonds is 1. The summed E-state index contributed by atoms with van der Waals surface area (Å²) in [6.45, 7) is 1.34. The molecule has 2 aromatic rings. The molecule has 0 unspecified atom stereocenters. The standard InChI is InChI=1S/C11H10BrN3O2/c12-6-1-2-9-8(3-6)10(16)15(11(17)14-9)7-4-13-5-7/h1-3,7,13H,4-5H2,(H,14,17). The zero-order chi connectivity index (χ0) is 12.0. The van der Waals surface area contributed by atoms with Crippen LogP contribution >= 0.6 is 15.9 Å². The fourth-order valence-corrected chi connectivity index (χ4v) is 2.35. The number of hydrogen-bond donors (Lipinski definition) is 2. The summed E-state index contributed by atoms with van der Waals surface area (Å²) >= 11 is 3.33. The molecule has 0 aliphatic carbocycles. The molecule has 0 atom stereocenters. The van der Waals surface area contributed by atoms with Gasteiger partial charge in [-0.05, 0) is 18.2 Å². The fraction of sp³-hybridized carbons (Fsp3) is 0.273. The van der Waals surface area contributed by atoms with Gasteiger partial charge in [0, 0.05) is 17.6 Å². The minimum Gasteiger partial charge on any atom is -0.312 e. The van der Waals surface area contributed by atoms with Crippen LogP contribution in [0, 0.1) is 0 Å². The second-order valence-corrected chi connectivity index (χ2v) is 5.02. The van der Waals surface area contributed by atoms with Gasteiger partial charge in [0.2, 0.25) is 0 Å². The van der Waals surface area contributed by atoms with Crippen molar-refractivity contribution < 1.29 is 0 Å². The van der Waals surface area contributed by atoms with Gasteiger partial charge in [0.05, 0.1) is 16.9 Å². The maximum absolute atomic E-state index is 12.2. The highest BCUT2D eigenvalue weighted by atomic mass is 79.9. The quantitative estimate of drug-likeness (QED) is 0.809. The van der Waals surface area contributed by atoms with E-state index in [1.54, 1.807) is 18.2 Å². The van der Waals surface area contributed by atoms with Crippen LogP contribution in [0.3, 0.4) is 0 Å². The Labute approximate surface area is 105 Å². The molecule has 0 amide bonds. The van der Waals surface area contributed by atoms with Gasteiger partial charge in [-0.2, -0.15) is 0 Å². The summed E-state index contributed by atoms with van der Waals surface area (Å²) < 4.78 is 2.12. The number of nitrogens with one attached hydrogen (secondary N) is 2. The van der Waals surface area contributed by atoms with Gasteiger partial charge in [0.15, 0.2) is 0 Å². The van der Waals surface area contributed by atoms with Crippen LogP contribution in [0.4, 0.5) is 0 Å². The maximum Gasteiger partial charge on any atom is 0.329 e. The third-order valence-electron chi connectivity index (χ3n) is 3.02. The normalized spacial score (nSPS) is 16.1. The number of fused-ring (bicyclic) bond motifs is 1. The summed E-state index contributed by atoms with van der Waals surface area (Å²) in [4.78, 5) is 26.8. The molecule has 3 rings (SSSR count). The molecule has 1 fully saturated rings. The van der Waals surface area contributed by atoms with E-state index in [4.69, 9.17) is 0 Å². The molecule has 0 saturated carbocycles. The first-order chi connectivity index (χ1) is 8.16. The summed E-state index contributed by atoms with van der Waals surface area (Å²) in [5.74, 6) is 0. The summed E-state index contributed by atoms with van der Waals surface area (Å²) in [5, 5.41) is 3.59. The third kappa shape index (κ3) is 1.64. The average molecular weight is 296 g/mol. The van der Waals surface area contributed by atoms with E-state index in [1.807, 2.05) is 0 Å². The largest absolute Gasteiger partial charge is 0.329 e. The first-order valence-electron chi connectivity index (χ1n) is 5.31. The monoisotopic (exact) mass is 295 g/mol. The molecule has 1 aromatic heterocycles.